The van der Waals surface area contributed by atoms with Crippen molar-refractivity contribution in [2.24, 2.45) is 5.73 Å². The maximum Gasteiger partial charge on any atom is 0.0951 e. The first kappa shape index (κ1) is 12.6. The summed E-state index contributed by atoms with van der Waals surface area (Å²) in [7, 11) is 2.20. The summed E-state index contributed by atoms with van der Waals surface area (Å²) >= 11 is 0. The zero-order valence-corrected chi connectivity index (χ0v) is 11.1. The van der Waals surface area contributed by atoms with Gasteiger partial charge >= 0.3 is 0 Å². The van der Waals surface area contributed by atoms with Crippen LogP contribution in [0.4, 0.5) is 0 Å². The summed E-state index contributed by atoms with van der Waals surface area (Å²) < 4.78 is 2.30. The molecule has 4 nitrogen and oxygen atoms in total. The lowest BCUT2D eigenvalue weighted by Crippen LogP contribution is -2.38. The van der Waals surface area contributed by atoms with Crippen molar-refractivity contribution in [2.45, 2.75) is 51.2 Å². The van der Waals surface area contributed by atoms with Gasteiger partial charge in [0.15, 0.2) is 0 Å². The van der Waals surface area contributed by atoms with Crippen LogP contribution in [0, 0.1) is 0 Å². The van der Waals surface area contributed by atoms with Crippen molar-refractivity contribution in [3.8, 4) is 0 Å². The van der Waals surface area contributed by atoms with Gasteiger partial charge in [0.05, 0.1) is 12.0 Å². The molecule has 0 radical (unpaired) electrons. The molecule has 0 bridgehead atoms. The molecule has 17 heavy (non-hydrogen) atoms. The molecule has 0 amide bonds. The van der Waals surface area contributed by atoms with Gasteiger partial charge in [0.1, 0.15) is 0 Å². The highest BCUT2D eigenvalue weighted by molar-refractivity contribution is 5.06. The van der Waals surface area contributed by atoms with Gasteiger partial charge < -0.3 is 15.2 Å². The molecule has 2 heterocycles. The summed E-state index contributed by atoms with van der Waals surface area (Å²) in [5.74, 6) is 0. The Balaban J connectivity index is 2.15. The number of aromatic nitrogens is 2. The Hall–Kier alpha value is -0.870. The van der Waals surface area contributed by atoms with Gasteiger partial charge in [-0.2, -0.15) is 0 Å². The van der Waals surface area contributed by atoms with E-state index in [2.05, 4.69) is 35.3 Å². The molecule has 2 unspecified atom stereocenters. The van der Waals surface area contributed by atoms with Crippen LogP contribution in [0.2, 0.25) is 0 Å². The average molecular weight is 236 g/mol. The van der Waals surface area contributed by atoms with Crippen molar-refractivity contribution < 1.29 is 0 Å². The maximum absolute atomic E-state index is 6.14. The van der Waals surface area contributed by atoms with E-state index in [4.69, 9.17) is 5.73 Å². The molecular formula is C13H24N4. The van der Waals surface area contributed by atoms with Crippen LogP contribution in [-0.4, -0.2) is 34.1 Å². The molecule has 2 rings (SSSR count). The van der Waals surface area contributed by atoms with Gasteiger partial charge in [0, 0.05) is 30.9 Å². The monoisotopic (exact) mass is 236 g/mol. The van der Waals surface area contributed by atoms with E-state index in [0.29, 0.717) is 12.1 Å². The molecule has 0 spiro atoms. The van der Waals surface area contributed by atoms with Crippen molar-refractivity contribution in [1.82, 2.24) is 14.5 Å². The molecule has 4 heteroatoms. The molecule has 0 aromatic carbocycles. The highest BCUT2D eigenvalue weighted by Gasteiger charge is 2.25. The highest BCUT2D eigenvalue weighted by Crippen LogP contribution is 2.28. The third-order valence-corrected chi connectivity index (χ3v) is 4.09. The normalized spacial score (nSPS) is 28.2. The number of rotatable bonds is 3. The number of piperidine rings is 1. The number of hydrogen-bond acceptors (Lipinski definition) is 3. The third kappa shape index (κ3) is 2.53. The minimum atomic E-state index is 0.118. The second kappa shape index (κ2) is 5.19. The van der Waals surface area contributed by atoms with E-state index in [0.717, 1.165) is 13.0 Å². The topological polar surface area (TPSA) is 47.1 Å². The van der Waals surface area contributed by atoms with Crippen LogP contribution >= 0.6 is 0 Å². The number of nitrogens with two attached hydrogens (primary N) is 1. The fourth-order valence-electron chi connectivity index (χ4n) is 2.63. The molecule has 2 N–H and O–H groups in total. The summed E-state index contributed by atoms with van der Waals surface area (Å²) in [5, 5.41) is 0. The standard InChI is InChI=1S/C13H24N4/c1-4-12(14)13-8-15-9-17(13)11-5-6-16(3)10(2)7-11/h8-12H,4-7,14H2,1-3H3/t10?,11?,12-/m1/s1. The van der Waals surface area contributed by atoms with Gasteiger partial charge in [0.2, 0.25) is 0 Å². The van der Waals surface area contributed by atoms with Crippen molar-refractivity contribution in [1.29, 1.82) is 0 Å². The van der Waals surface area contributed by atoms with Crippen LogP contribution in [0.5, 0.6) is 0 Å². The summed E-state index contributed by atoms with van der Waals surface area (Å²) in [6, 6.07) is 1.32. The van der Waals surface area contributed by atoms with Gasteiger partial charge in [-0.3, -0.25) is 0 Å². The lowest BCUT2D eigenvalue weighted by atomic mass is 9.98. The first-order chi connectivity index (χ1) is 8.13. The van der Waals surface area contributed by atoms with Crippen LogP contribution in [0.15, 0.2) is 12.5 Å². The Morgan fingerprint density at radius 3 is 3.00 bits per heavy atom. The van der Waals surface area contributed by atoms with Gasteiger partial charge in [-0.1, -0.05) is 6.92 Å². The highest BCUT2D eigenvalue weighted by atomic mass is 15.2. The third-order valence-electron chi connectivity index (χ3n) is 4.09. The van der Waals surface area contributed by atoms with E-state index in [-0.39, 0.29) is 6.04 Å². The first-order valence-electron chi connectivity index (χ1n) is 6.61. The minimum absolute atomic E-state index is 0.118. The maximum atomic E-state index is 6.14. The largest absolute Gasteiger partial charge is 0.330 e. The molecule has 1 aliphatic rings. The van der Waals surface area contributed by atoms with Crippen molar-refractivity contribution in [3.63, 3.8) is 0 Å². The molecule has 0 saturated carbocycles. The predicted molar refractivity (Wildman–Crippen MR) is 69.8 cm³/mol. The average Bonchev–Trinajstić information content (AvgIpc) is 2.80. The van der Waals surface area contributed by atoms with E-state index < -0.39 is 0 Å². The Morgan fingerprint density at radius 2 is 2.35 bits per heavy atom. The predicted octanol–water partition coefficient (Wildman–Crippen LogP) is 1.95. The van der Waals surface area contributed by atoms with E-state index >= 15 is 0 Å². The molecule has 1 aromatic heterocycles. The van der Waals surface area contributed by atoms with E-state index in [1.807, 2.05) is 12.5 Å². The molecule has 0 aliphatic carbocycles. The van der Waals surface area contributed by atoms with Crippen molar-refractivity contribution >= 4 is 0 Å². The molecule has 96 valence electrons. The number of hydrogen-bond donors (Lipinski definition) is 1. The van der Waals surface area contributed by atoms with E-state index in [1.54, 1.807) is 0 Å². The van der Waals surface area contributed by atoms with Gasteiger partial charge in [0.25, 0.3) is 0 Å². The Bertz CT molecular complexity index is 360. The van der Waals surface area contributed by atoms with Crippen LogP contribution in [0.25, 0.3) is 0 Å². The molecular weight excluding hydrogens is 212 g/mol. The van der Waals surface area contributed by atoms with Crippen LogP contribution in [-0.2, 0) is 0 Å². The fraction of sp³-hybridized carbons (Fsp3) is 0.769. The van der Waals surface area contributed by atoms with Gasteiger partial charge in [-0.15, -0.1) is 0 Å². The van der Waals surface area contributed by atoms with Crippen LogP contribution in [0.1, 0.15) is 50.9 Å². The second-order valence-corrected chi connectivity index (χ2v) is 5.25. The van der Waals surface area contributed by atoms with Crippen molar-refractivity contribution in [3.05, 3.63) is 18.2 Å². The lowest BCUT2D eigenvalue weighted by molar-refractivity contribution is 0.155. The SMILES string of the molecule is CC[C@@H](N)c1cncn1C1CCN(C)C(C)C1. The number of nitrogens with zero attached hydrogens (tertiary/aromatic N) is 3. The summed E-state index contributed by atoms with van der Waals surface area (Å²) in [5.41, 5.74) is 7.33. The van der Waals surface area contributed by atoms with E-state index in [9.17, 15) is 0 Å². The van der Waals surface area contributed by atoms with Crippen molar-refractivity contribution in [2.75, 3.05) is 13.6 Å². The van der Waals surface area contributed by atoms with Gasteiger partial charge in [-0.25, -0.2) is 4.98 Å². The van der Waals surface area contributed by atoms with Crippen LogP contribution < -0.4 is 5.73 Å². The quantitative estimate of drug-likeness (QED) is 0.872. The Kier molecular flexibility index (Phi) is 3.84. The molecule has 1 saturated heterocycles. The first-order valence-corrected chi connectivity index (χ1v) is 6.61. The second-order valence-electron chi connectivity index (χ2n) is 5.25. The molecule has 1 aromatic rings. The van der Waals surface area contributed by atoms with Crippen LogP contribution in [0.3, 0.4) is 0 Å². The Morgan fingerprint density at radius 1 is 1.59 bits per heavy atom. The smallest absolute Gasteiger partial charge is 0.0951 e. The summed E-state index contributed by atoms with van der Waals surface area (Å²) in [6.07, 6.45) is 7.23. The number of imidazole rings is 1. The lowest BCUT2D eigenvalue weighted by Gasteiger charge is -2.36. The zero-order valence-electron chi connectivity index (χ0n) is 11.1. The molecule has 3 atom stereocenters. The number of likely N-dealkylation sites (tertiary alicyclic amines) is 1. The Labute approximate surface area is 104 Å². The molecule has 1 fully saturated rings. The minimum Gasteiger partial charge on any atom is -0.330 e. The zero-order chi connectivity index (χ0) is 12.4. The summed E-state index contributed by atoms with van der Waals surface area (Å²) in [6.45, 7) is 5.58. The molecule has 1 aliphatic heterocycles. The summed E-state index contributed by atoms with van der Waals surface area (Å²) in [4.78, 5) is 6.70. The van der Waals surface area contributed by atoms with E-state index in [1.165, 1.54) is 18.5 Å². The fourth-order valence-corrected chi connectivity index (χ4v) is 2.63. The van der Waals surface area contributed by atoms with Gasteiger partial charge in [-0.05, 0) is 33.2 Å².